The Morgan fingerprint density at radius 2 is 1.83 bits per heavy atom. The number of aryl methyl sites for hydroxylation is 2. The first-order valence-corrected chi connectivity index (χ1v) is 6.49. The molecule has 1 aromatic carbocycles. The van der Waals surface area contributed by atoms with Crippen molar-refractivity contribution in [3.05, 3.63) is 50.8 Å². The average molecular weight is 330 g/mol. The van der Waals surface area contributed by atoms with Gasteiger partial charge in [-0.1, -0.05) is 27.5 Å². The van der Waals surface area contributed by atoms with Crippen LogP contribution in [0.1, 0.15) is 11.1 Å². The molecule has 0 unspecified atom stereocenters. The molecule has 0 fully saturated rings. The second-order valence-electron chi connectivity index (χ2n) is 4.03. The third-order valence-electron chi connectivity index (χ3n) is 2.51. The van der Waals surface area contributed by atoms with Gasteiger partial charge in [-0.15, -0.1) is 0 Å². The average Bonchev–Trinajstić information content (AvgIpc) is 2.29. The van der Waals surface area contributed by atoms with Gasteiger partial charge in [0, 0.05) is 16.4 Å². The van der Waals surface area contributed by atoms with Crippen LogP contribution in [0.5, 0.6) is 0 Å². The summed E-state index contributed by atoms with van der Waals surface area (Å²) in [7, 11) is 0. The van der Waals surface area contributed by atoms with Crippen LogP contribution in [0, 0.1) is 19.7 Å². The molecular formula is C13H11BrClFN2. The number of anilines is 2. The lowest BCUT2D eigenvalue weighted by Crippen LogP contribution is -1.98. The Balaban J connectivity index is 2.34. The fraction of sp³-hybridized carbons (Fsp3) is 0.154. The van der Waals surface area contributed by atoms with Crippen LogP contribution in [0.4, 0.5) is 15.9 Å². The van der Waals surface area contributed by atoms with Crippen LogP contribution in [0.15, 0.2) is 28.9 Å². The van der Waals surface area contributed by atoms with Crippen LogP contribution in [0.3, 0.4) is 0 Å². The fourth-order valence-corrected chi connectivity index (χ4v) is 2.03. The minimum atomic E-state index is -0.472. The van der Waals surface area contributed by atoms with Crippen molar-refractivity contribution in [2.24, 2.45) is 0 Å². The molecule has 18 heavy (non-hydrogen) atoms. The molecule has 2 nitrogen and oxygen atoms in total. The SMILES string of the molecule is Cc1cc(Nc2ncc(Cl)cc2F)cc(C)c1Br. The van der Waals surface area contributed by atoms with E-state index < -0.39 is 5.82 Å². The summed E-state index contributed by atoms with van der Waals surface area (Å²) in [4.78, 5) is 3.93. The zero-order valence-corrected chi connectivity index (χ0v) is 12.2. The number of hydrogen-bond acceptors (Lipinski definition) is 2. The molecule has 1 heterocycles. The Hall–Kier alpha value is -1.13. The van der Waals surface area contributed by atoms with Gasteiger partial charge in [-0.05, 0) is 43.2 Å². The second-order valence-corrected chi connectivity index (χ2v) is 5.26. The van der Waals surface area contributed by atoms with E-state index in [2.05, 4.69) is 26.2 Å². The van der Waals surface area contributed by atoms with Crippen LogP contribution < -0.4 is 5.32 Å². The summed E-state index contributed by atoms with van der Waals surface area (Å²) >= 11 is 9.14. The van der Waals surface area contributed by atoms with E-state index in [-0.39, 0.29) is 10.8 Å². The Kier molecular flexibility index (Phi) is 3.88. The monoisotopic (exact) mass is 328 g/mol. The number of halogens is 3. The summed E-state index contributed by atoms with van der Waals surface area (Å²) in [6.07, 6.45) is 1.41. The second kappa shape index (κ2) is 5.24. The molecule has 1 aromatic heterocycles. The van der Waals surface area contributed by atoms with Gasteiger partial charge in [0.15, 0.2) is 11.6 Å². The highest BCUT2D eigenvalue weighted by Gasteiger charge is 2.07. The zero-order valence-electron chi connectivity index (χ0n) is 9.89. The molecule has 0 bridgehead atoms. The summed E-state index contributed by atoms with van der Waals surface area (Å²) in [6, 6.07) is 5.08. The first kappa shape index (κ1) is 13.3. The topological polar surface area (TPSA) is 24.9 Å². The Bertz CT molecular complexity index is 579. The molecular weight excluding hydrogens is 319 g/mol. The van der Waals surface area contributed by atoms with Crippen molar-refractivity contribution >= 4 is 39.0 Å². The van der Waals surface area contributed by atoms with Crippen molar-refractivity contribution in [2.45, 2.75) is 13.8 Å². The standard InChI is InChI=1S/C13H11BrClFN2/c1-7-3-10(4-8(2)12(7)14)18-13-11(16)5-9(15)6-17-13/h3-6H,1-2H3,(H,17,18). The number of rotatable bonds is 2. The molecule has 5 heteroatoms. The number of hydrogen-bond donors (Lipinski definition) is 1. The third kappa shape index (κ3) is 2.82. The molecule has 0 spiro atoms. The summed E-state index contributed by atoms with van der Waals surface area (Å²) in [5.74, 6) is -0.304. The van der Waals surface area contributed by atoms with Gasteiger partial charge < -0.3 is 5.32 Å². The van der Waals surface area contributed by atoms with Gasteiger partial charge in [-0.3, -0.25) is 0 Å². The number of pyridine rings is 1. The minimum Gasteiger partial charge on any atom is -0.338 e. The van der Waals surface area contributed by atoms with Gasteiger partial charge in [0.1, 0.15) is 0 Å². The molecule has 0 amide bonds. The highest BCUT2D eigenvalue weighted by molar-refractivity contribution is 9.10. The van der Waals surface area contributed by atoms with E-state index >= 15 is 0 Å². The van der Waals surface area contributed by atoms with Crippen molar-refractivity contribution in [3.63, 3.8) is 0 Å². The van der Waals surface area contributed by atoms with Crippen LogP contribution in [0.2, 0.25) is 5.02 Å². The molecule has 0 aliphatic rings. The molecule has 94 valence electrons. The van der Waals surface area contributed by atoms with Gasteiger partial charge in [0.05, 0.1) is 5.02 Å². The first-order valence-electron chi connectivity index (χ1n) is 5.32. The summed E-state index contributed by atoms with van der Waals surface area (Å²) in [5, 5.41) is 3.22. The minimum absolute atomic E-state index is 0.167. The highest BCUT2D eigenvalue weighted by Crippen LogP contribution is 2.27. The predicted molar refractivity (Wildman–Crippen MR) is 76.1 cm³/mol. The maximum Gasteiger partial charge on any atom is 0.167 e. The zero-order chi connectivity index (χ0) is 13.3. The normalized spacial score (nSPS) is 10.5. The maximum absolute atomic E-state index is 13.6. The van der Waals surface area contributed by atoms with Crippen LogP contribution in [0.25, 0.3) is 0 Å². The summed E-state index contributed by atoms with van der Waals surface area (Å²) in [6.45, 7) is 3.96. The van der Waals surface area contributed by atoms with Gasteiger partial charge in [0.25, 0.3) is 0 Å². The van der Waals surface area contributed by atoms with Crippen LogP contribution in [-0.4, -0.2) is 4.98 Å². The molecule has 0 saturated carbocycles. The van der Waals surface area contributed by atoms with E-state index in [0.717, 1.165) is 21.3 Å². The third-order valence-corrected chi connectivity index (χ3v) is 3.96. The van der Waals surface area contributed by atoms with E-state index in [9.17, 15) is 4.39 Å². The van der Waals surface area contributed by atoms with Gasteiger partial charge in [-0.2, -0.15) is 0 Å². The highest BCUT2D eigenvalue weighted by atomic mass is 79.9. The number of nitrogens with zero attached hydrogens (tertiary/aromatic N) is 1. The van der Waals surface area contributed by atoms with E-state index in [1.165, 1.54) is 12.3 Å². The molecule has 0 saturated heterocycles. The quantitative estimate of drug-likeness (QED) is 0.839. The van der Waals surface area contributed by atoms with Crippen molar-refractivity contribution in [1.29, 1.82) is 0 Å². The Morgan fingerprint density at radius 3 is 2.39 bits per heavy atom. The van der Waals surface area contributed by atoms with Crippen molar-refractivity contribution < 1.29 is 4.39 Å². The van der Waals surface area contributed by atoms with E-state index in [1.807, 2.05) is 26.0 Å². The number of nitrogens with one attached hydrogen (secondary N) is 1. The van der Waals surface area contributed by atoms with Gasteiger partial charge in [0.2, 0.25) is 0 Å². The maximum atomic E-state index is 13.6. The lowest BCUT2D eigenvalue weighted by molar-refractivity contribution is 0.626. The van der Waals surface area contributed by atoms with Crippen molar-refractivity contribution in [2.75, 3.05) is 5.32 Å². The van der Waals surface area contributed by atoms with E-state index in [0.29, 0.717) is 0 Å². The van der Waals surface area contributed by atoms with Gasteiger partial charge >= 0.3 is 0 Å². The van der Waals surface area contributed by atoms with Crippen LogP contribution in [-0.2, 0) is 0 Å². The smallest absolute Gasteiger partial charge is 0.167 e. The lowest BCUT2D eigenvalue weighted by atomic mass is 10.1. The molecule has 0 radical (unpaired) electrons. The molecule has 2 aromatic rings. The molecule has 2 rings (SSSR count). The summed E-state index contributed by atoms with van der Waals surface area (Å²) < 4.78 is 14.7. The number of benzene rings is 1. The number of aromatic nitrogens is 1. The van der Waals surface area contributed by atoms with Crippen molar-refractivity contribution in [3.8, 4) is 0 Å². The lowest BCUT2D eigenvalue weighted by Gasteiger charge is -2.10. The first-order chi connectivity index (χ1) is 8.47. The summed E-state index contributed by atoms with van der Waals surface area (Å²) in [5.41, 5.74) is 2.95. The van der Waals surface area contributed by atoms with Gasteiger partial charge in [-0.25, -0.2) is 9.37 Å². The predicted octanol–water partition coefficient (Wildman–Crippen LogP) is 5.00. The molecule has 0 aliphatic carbocycles. The van der Waals surface area contributed by atoms with E-state index in [4.69, 9.17) is 11.6 Å². The van der Waals surface area contributed by atoms with Crippen molar-refractivity contribution in [1.82, 2.24) is 4.98 Å². The Labute approximate surface area is 118 Å². The molecule has 1 N–H and O–H groups in total. The molecule has 0 atom stereocenters. The largest absolute Gasteiger partial charge is 0.338 e. The Morgan fingerprint density at radius 1 is 1.22 bits per heavy atom. The molecule has 0 aliphatic heterocycles. The van der Waals surface area contributed by atoms with Crippen LogP contribution >= 0.6 is 27.5 Å². The fourth-order valence-electron chi connectivity index (χ4n) is 1.66. The van der Waals surface area contributed by atoms with E-state index in [1.54, 1.807) is 0 Å².